The normalized spacial score (nSPS) is 16.6. The van der Waals surface area contributed by atoms with Crippen LogP contribution in [0, 0.1) is 0 Å². The molecule has 0 atom stereocenters. The summed E-state index contributed by atoms with van der Waals surface area (Å²) in [6.45, 7) is 0.882. The number of halogens is 1. The summed E-state index contributed by atoms with van der Waals surface area (Å²) >= 11 is 0. The van der Waals surface area contributed by atoms with Gasteiger partial charge in [0.1, 0.15) is 0 Å². The van der Waals surface area contributed by atoms with Crippen molar-refractivity contribution in [2.24, 2.45) is 4.99 Å². The van der Waals surface area contributed by atoms with E-state index in [1.807, 2.05) is 32.1 Å². The molecule has 0 bridgehead atoms. The van der Waals surface area contributed by atoms with Gasteiger partial charge in [0.2, 0.25) is 0 Å². The fourth-order valence-electron chi connectivity index (χ4n) is 3.65. The molecule has 1 aliphatic rings. The summed E-state index contributed by atoms with van der Waals surface area (Å²) in [7, 11) is 9.22. The Morgan fingerprint density at radius 2 is 1.76 bits per heavy atom. The molecule has 1 aromatic rings. The number of ether oxygens (including phenoxy) is 2. The van der Waals surface area contributed by atoms with Crippen LogP contribution in [0.15, 0.2) is 23.2 Å². The van der Waals surface area contributed by atoms with Crippen molar-refractivity contribution in [2.75, 3.05) is 41.9 Å². The number of methoxy groups -OCH3 is 2. The van der Waals surface area contributed by atoms with Crippen molar-refractivity contribution in [3.63, 3.8) is 0 Å². The molecule has 1 fully saturated rings. The van der Waals surface area contributed by atoms with E-state index in [0.29, 0.717) is 0 Å². The summed E-state index contributed by atoms with van der Waals surface area (Å²) in [4.78, 5) is 6.36. The van der Waals surface area contributed by atoms with Crippen LogP contribution in [-0.2, 0) is 5.41 Å². The summed E-state index contributed by atoms with van der Waals surface area (Å²) in [5.41, 5.74) is 1.44. The van der Waals surface area contributed by atoms with E-state index in [9.17, 15) is 0 Å². The molecule has 0 radical (unpaired) electrons. The van der Waals surface area contributed by atoms with Crippen LogP contribution in [0.4, 0.5) is 0 Å². The predicted octanol–water partition coefficient (Wildman–Crippen LogP) is 3.66. The van der Waals surface area contributed by atoms with Crippen LogP contribution >= 0.6 is 24.0 Å². The number of hydrogen-bond acceptors (Lipinski definition) is 3. The molecule has 0 heterocycles. The molecule has 1 aliphatic carbocycles. The van der Waals surface area contributed by atoms with Crippen LogP contribution in [-0.4, -0.2) is 52.8 Å². The molecular formula is C19H32IN3O2. The minimum atomic E-state index is 0. The van der Waals surface area contributed by atoms with Crippen molar-refractivity contribution in [1.29, 1.82) is 0 Å². The first kappa shape index (κ1) is 21.9. The highest BCUT2D eigenvalue weighted by Gasteiger charge is 2.34. The van der Waals surface area contributed by atoms with E-state index in [0.717, 1.165) is 24.0 Å². The van der Waals surface area contributed by atoms with E-state index >= 15 is 0 Å². The maximum absolute atomic E-state index is 5.52. The summed E-state index contributed by atoms with van der Waals surface area (Å²) in [6, 6.07) is 6.35. The average molecular weight is 461 g/mol. The third-order valence-corrected chi connectivity index (χ3v) is 5.03. The van der Waals surface area contributed by atoms with E-state index in [2.05, 4.69) is 22.4 Å². The molecule has 5 nitrogen and oxygen atoms in total. The second-order valence-corrected chi connectivity index (χ2v) is 6.71. The molecule has 0 aliphatic heterocycles. The van der Waals surface area contributed by atoms with E-state index in [1.165, 1.54) is 37.7 Å². The van der Waals surface area contributed by atoms with Crippen molar-refractivity contribution in [3.05, 3.63) is 23.8 Å². The highest BCUT2D eigenvalue weighted by molar-refractivity contribution is 14.0. The van der Waals surface area contributed by atoms with Gasteiger partial charge in [0, 0.05) is 33.1 Å². The van der Waals surface area contributed by atoms with Crippen LogP contribution in [0.3, 0.4) is 0 Å². The number of guanidine groups is 1. The number of nitrogens with one attached hydrogen (secondary N) is 1. The lowest BCUT2D eigenvalue weighted by molar-refractivity contribution is 0.286. The molecule has 1 aromatic carbocycles. The molecule has 142 valence electrons. The van der Waals surface area contributed by atoms with Gasteiger partial charge < -0.3 is 19.7 Å². The predicted molar refractivity (Wildman–Crippen MR) is 115 cm³/mol. The number of nitrogens with zero attached hydrogens (tertiary/aromatic N) is 2. The Labute approximate surface area is 169 Å². The molecule has 0 saturated heterocycles. The van der Waals surface area contributed by atoms with Crippen molar-refractivity contribution >= 4 is 29.9 Å². The van der Waals surface area contributed by atoms with E-state index in [1.54, 1.807) is 14.2 Å². The standard InChI is InChI=1S/C19H31N3O2.HI/c1-20-18(22(2)3)21-14-19(11-7-6-8-12-19)15-9-10-16(23-4)17(13-15)24-5;/h9-10,13H,6-8,11-12,14H2,1-5H3,(H,20,21);1H. The molecule has 0 amide bonds. The van der Waals surface area contributed by atoms with Gasteiger partial charge in [-0.05, 0) is 30.5 Å². The van der Waals surface area contributed by atoms with Gasteiger partial charge >= 0.3 is 0 Å². The third kappa shape index (κ3) is 5.15. The number of hydrogen-bond donors (Lipinski definition) is 1. The van der Waals surface area contributed by atoms with Crippen molar-refractivity contribution in [3.8, 4) is 11.5 Å². The van der Waals surface area contributed by atoms with Gasteiger partial charge in [0.15, 0.2) is 17.5 Å². The molecular weight excluding hydrogens is 429 g/mol. The second kappa shape index (κ2) is 10.1. The highest BCUT2D eigenvalue weighted by Crippen LogP contribution is 2.42. The van der Waals surface area contributed by atoms with Gasteiger partial charge in [0.25, 0.3) is 0 Å². The fraction of sp³-hybridized carbons (Fsp3) is 0.632. The summed E-state index contributed by atoms with van der Waals surface area (Å²) in [5, 5.41) is 3.55. The van der Waals surface area contributed by atoms with Crippen LogP contribution < -0.4 is 14.8 Å². The van der Waals surface area contributed by atoms with Gasteiger partial charge in [-0.25, -0.2) is 0 Å². The lowest BCUT2D eigenvalue weighted by atomic mass is 9.69. The van der Waals surface area contributed by atoms with Crippen LogP contribution in [0.1, 0.15) is 37.7 Å². The Bertz CT molecular complexity index is 570. The highest BCUT2D eigenvalue weighted by atomic mass is 127. The zero-order valence-electron chi connectivity index (χ0n) is 16.1. The number of aliphatic imine (C=N–C) groups is 1. The minimum Gasteiger partial charge on any atom is -0.493 e. The Morgan fingerprint density at radius 3 is 2.28 bits per heavy atom. The lowest BCUT2D eigenvalue weighted by Crippen LogP contribution is -2.46. The van der Waals surface area contributed by atoms with Gasteiger partial charge in [-0.2, -0.15) is 0 Å². The second-order valence-electron chi connectivity index (χ2n) is 6.71. The van der Waals surface area contributed by atoms with Gasteiger partial charge in [-0.1, -0.05) is 25.3 Å². The van der Waals surface area contributed by atoms with Gasteiger partial charge in [-0.3, -0.25) is 4.99 Å². The first-order valence-electron chi connectivity index (χ1n) is 8.67. The van der Waals surface area contributed by atoms with E-state index in [-0.39, 0.29) is 29.4 Å². The third-order valence-electron chi connectivity index (χ3n) is 5.03. The van der Waals surface area contributed by atoms with Crippen LogP contribution in [0.25, 0.3) is 0 Å². The van der Waals surface area contributed by atoms with Gasteiger partial charge in [0.05, 0.1) is 14.2 Å². The summed E-state index contributed by atoms with van der Waals surface area (Å²) < 4.78 is 10.9. The van der Waals surface area contributed by atoms with Crippen LogP contribution in [0.2, 0.25) is 0 Å². The van der Waals surface area contributed by atoms with E-state index < -0.39 is 0 Å². The Morgan fingerprint density at radius 1 is 1.12 bits per heavy atom. The molecule has 25 heavy (non-hydrogen) atoms. The summed E-state index contributed by atoms with van der Waals surface area (Å²) in [6.07, 6.45) is 6.20. The Hall–Kier alpha value is -1.18. The fourth-order valence-corrected chi connectivity index (χ4v) is 3.65. The monoisotopic (exact) mass is 461 g/mol. The van der Waals surface area contributed by atoms with E-state index in [4.69, 9.17) is 9.47 Å². The van der Waals surface area contributed by atoms with Gasteiger partial charge in [-0.15, -0.1) is 24.0 Å². The molecule has 6 heteroatoms. The molecule has 0 spiro atoms. The maximum atomic E-state index is 5.52. The average Bonchev–Trinajstić information content (AvgIpc) is 2.62. The molecule has 1 saturated carbocycles. The molecule has 0 unspecified atom stereocenters. The minimum absolute atomic E-state index is 0. The molecule has 0 aromatic heterocycles. The first-order chi connectivity index (χ1) is 11.6. The Kier molecular flexibility index (Phi) is 8.82. The van der Waals surface area contributed by atoms with Crippen molar-refractivity contribution < 1.29 is 9.47 Å². The maximum Gasteiger partial charge on any atom is 0.193 e. The molecule has 2 rings (SSSR count). The summed E-state index contributed by atoms with van der Waals surface area (Å²) in [5.74, 6) is 2.50. The van der Waals surface area contributed by atoms with Crippen molar-refractivity contribution in [1.82, 2.24) is 10.2 Å². The lowest BCUT2D eigenvalue weighted by Gasteiger charge is -2.39. The topological polar surface area (TPSA) is 46.1 Å². The largest absolute Gasteiger partial charge is 0.493 e. The zero-order chi connectivity index (χ0) is 17.6. The smallest absolute Gasteiger partial charge is 0.193 e. The number of benzene rings is 1. The first-order valence-corrected chi connectivity index (χ1v) is 8.67. The zero-order valence-corrected chi connectivity index (χ0v) is 18.4. The quantitative estimate of drug-likeness (QED) is 0.413. The van der Waals surface area contributed by atoms with Crippen molar-refractivity contribution in [2.45, 2.75) is 37.5 Å². The Balaban J connectivity index is 0.00000312. The molecule has 1 N–H and O–H groups in total. The number of rotatable bonds is 5. The van der Waals surface area contributed by atoms with Crippen LogP contribution in [0.5, 0.6) is 11.5 Å². The SMILES string of the molecule is CN=C(NCC1(c2ccc(OC)c(OC)c2)CCCCC1)N(C)C.I.